The summed E-state index contributed by atoms with van der Waals surface area (Å²) in [6, 6.07) is 8.58. The minimum atomic E-state index is -1.09. The smallest absolute Gasteiger partial charge is 0.356 e. The van der Waals surface area contributed by atoms with Crippen molar-refractivity contribution < 1.29 is 9.90 Å². The Hall–Kier alpha value is -2.50. The van der Waals surface area contributed by atoms with E-state index in [9.17, 15) is 4.79 Å². The Balaban J connectivity index is 1.98. The van der Waals surface area contributed by atoms with Crippen LogP contribution in [0.4, 0.5) is 5.82 Å². The second-order valence-electron chi connectivity index (χ2n) is 3.28. The first-order valence-electron chi connectivity index (χ1n) is 4.96. The molecule has 0 amide bonds. The fourth-order valence-electron chi connectivity index (χ4n) is 1.22. The van der Waals surface area contributed by atoms with Gasteiger partial charge in [0, 0.05) is 6.20 Å². The largest absolute Gasteiger partial charge is 0.476 e. The average Bonchev–Trinajstić information content (AvgIpc) is 2.38. The molecule has 0 aliphatic rings. The van der Waals surface area contributed by atoms with Crippen molar-refractivity contribution in [3.05, 3.63) is 47.9 Å². The molecule has 0 radical (unpaired) electrons. The second-order valence-corrected chi connectivity index (χ2v) is 3.28. The summed E-state index contributed by atoms with van der Waals surface area (Å²) < 4.78 is 0. The van der Waals surface area contributed by atoms with Gasteiger partial charge in [-0.15, -0.1) is 10.2 Å². The van der Waals surface area contributed by atoms with Crippen LogP contribution in [0.2, 0.25) is 0 Å². The molecule has 0 bridgehead atoms. The molecule has 0 aromatic carbocycles. The SMILES string of the molecule is O=C(O)c1ccc(NCc2ccccn2)nn1. The van der Waals surface area contributed by atoms with E-state index in [1.54, 1.807) is 12.3 Å². The van der Waals surface area contributed by atoms with Gasteiger partial charge in [-0.2, -0.15) is 0 Å². The lowest BCUT2D eigenvalue weighted by molar-refractivity contribution is 0.0689. The molecule has 2 heterocycles. The number of aromatic carboxylic acids is 1. The normalized spacial score (nSPS) is 9.88. The molecule has 0 spiro atoms. The van der Waals surface area contributed by atoms with Crippen molar-refractivity contribution in [2.45, 2.75) is 6.54 Å². The van der Waals surface area contributed by atoms with Crippen molar-refractivity contribution in [1.82, 2.24) is 15.2 Å². The highest BCUT2D eigenvalue weighted by Gasteiger charge is 2.04. The minimum absolute atomic E-state index is 0.0756. The number of nitrogens with zero attached hydrogens (tertiary/aromatic N) is 3. The Morgan fingerprint density at radius 3 is 2.71 bits per heavy atom. The summed E-state index contributed by atoms with van der Waals surface area (Å²) in [6.07, 6.45) is 1.70. The van der Waals surface area contributed by atoms with E-state index in [0.717, 1.165) is 5.69 Å². The Bertz CT molecular complexity index is 499. The maximum atomic E-state index is 10.6. The lowest BCUT2D eigenvalue weighted by atomic mass is 10.3. The number of hydrogen-bond donors (Lipinski definition) is 2. The lowest BCUT2D eigenvalue weighted by Gasteiger charge is -2.03. The standard InChI is InChI=1S/C11H10N4O2/c16-11(17)9-4-5-10(15-14-9)13-7-8-3-1-2-6-12-8/h1-6H,7H2,(H,13,15)(H,16,17). The van der Waals surface area contributed by atoms with Crippen LogP contribution in [0.5, 0.6) is 0 Å². The van der Waals surface area contributed by atoms with Crippen molar-refractivity contribution >= 4 is 11.8 Å². The molecule has 0 fully saturated rings. The van der Waals surface area contributed by atoms with Gasteiger partial charge < -0.3 is 10.4 Å². The van der Waals surface area contributed by atoms with Crippen molar-refractivity contribution in [2.24, 2.45) is 0 Å². The molecule has 0 aliphatic carbocycles. The average molecular weight is 230 g/mol. The van der Waals surface area contributed by atoms with Crippen LogP contribution in [0.1, 0.15) is 16.2 Å². The monoisotopic (exact) mass is 230 g/mol. The molecular weight excluding hydrogens is 220 g/mol. The number of rotatable bonds is 4. The van der Waals surface area contributed by atoms with Gasteiger partial charge in [-0.25, -0.2) is 4.79 Å². The van der Waals surface area contributed by atoms with E-state index in [-0.39, 0.29) is 5.69 Å². The quantitative estimate of drug-likeness (QED) is 0.820. The highest BCUT2D eigenvalue weighted by molar-refractivity contribution is 5.85. The molecule has 6 heteroatoms. The van der Waals surface area contributed by atoms with Crippen LogP contribution in [0.25, 0.3) is 0 Å². The summed E-state index contributed by atoms with van der Waals surface area (Å²) >= 11 is 0. The van der Waals surface area contributed by atoms with Gasteiger partial charge in [0.1, 0.15) is 5.82 Å². The molecule has 6 nitrogen and oxygen atoms in total. The zero-order chi connectivity index (χ0) is 12.1. The summed E-state index contributed by atoms with van der Waals surface area (Å²) in [7, 11) is 0. The van der Waals surface area contributed by atoms with Crippen molar-refractivity contribution in [3.63, 3.8) is 0 Å². The summed E-state index contributed by atoms with van der Waals surface area (Å²) in [5.74, 6) is -0.575. The van der Waals surface area contributed by atoms with Gasteiger partial charge in [0.15, 0.2) is 5.69 Å². The van der Waals surface area contributed by atoms with Crippen molar-refractivity contribution in [3.8, 4) is 0 Å². The lowest BCUT2D eigenvalue weighted by Crippen LogP contribution is -2.06. The van der Waals surface area contributed by atoms with Gasteiger partial charge >= 0.3 is 5.97 Å². The van der Waals surface area contributed by atoms with Gasteiger partial charge in [-0.3, -0.25) is 4.98 Å². The number of pyridine rings is 1. The molecule has 0 saturated carbocycles. The van der Waals surface area contributed by atoms with Gasteiger partial charge in [-0.05, 0) is 24.3 Å². The van der Waals surface area contributed by atoms with E-state index in [0.29, 0.717) is 12.4 Å². The van der Waals surface area contributed by atoms with Gasteiger partial charge in [0.25, 0.3) is 0 Å². The minimum Gasteiger partial charge on any atom is -0.476 e. The fraction of sp³-hybridized carbons (Fsp3) is 0.0909. The maximum absolute atomic E-state index is 10.6. The molecular formula is C11H10N4O2. The summed E-state index contributed by atoms with van der Waals surface area (Å²) in [5, 5.41) is 19.0. The molecule has 2 aromatic rings. The molecule has 2 rings (SSSR count). The third-order valence-corrected chi connectivity index (χ3v) is 2.06. The Morgan fingerprint density at radius 2 is 2.12 bits per heavy atom. The van der Waals surface area contributed by atoms with Crippen LogP contribution in [0, 0.1) is 0 Å². The topological polar surface area (TPSA) is 88.0 Å². The highest BCUT2D eigenvalue weighted by Crippen LogP contribution is 2.04. The molecule has 0 saturated heterocycles. The summed E-state index contributed by atoms with van der Waals surface area (Å²) in [4.78, 5) is 14.7. The third-order valence-electron chi connectivity index (χ3n) is 2.06. The van der Waals surface area contributed by atoms with E-state index in [1.165, 1.54) is 6.07 Å². The van der Waals surface area contributed by atoms with E-state index in [1.807, 2.05) is 18.2 Å². The number of carboxylic acids is 1. The second kappa shape index (κ2) is 5.02. The number of nitrogens with one attached hydrogen (secondary N) is 1. The molecule has 0 aliphatic heterocycles. The van der Waals surface area contributed by atoms with Crippen molar-refractivity contribution in [2.75, 3.05) is 5.32 Å². The van der Waals surface area contributed by atoms with Crippen LogP contribution < -0.4 is 5.32 Å². The molecule has 0 atom stereocenters. The van der Waals surface area contributed by atoms with Gasteiger partial charge in [-0.1, -0.05) is 6.07 Å². The van der Waals surface area contributed by atoms with Gasteiger partial charge in [0.05, 0.1) is 12.2 Å². The van der Waals surface area contributed by atoms with Crippen LogP contribution in [0.15, 0.2) is 36.5 Å². The molecule has 2 aromatic heterocycles. The Labute approximate surface area is 97.4 Å². The predicted molar refractivity (Wildman–Crippen MR) is 60.6 cm³/mol. The van der Waals surface area contributed by atoms with Crippen molar-refractivity contribution in [1.29, 1.82) is 0 Å². The van der Waals surface area contributed by atoms with E-state index in [2.05, 4.69) is 20.5 Å². The first kappa shape index (κ1) is 11.0. The number of aromatic nitrogens is 3. The van der Waals surface area contributed by atoms with E-state index < -0.39 is 5.97 Å². The van der Waals surface area contributed by atoms with Gasteiger partial charge in [0.2, 0.25) is 0 Å². The first-order valence-corrected chi connectivity index (χ1v) is 4.96. The van der Waals surface area contributed by atoms with E-state index in [4.69, 9.17) is 5.11 Å². The first-order chi connectivity index (χ1) is 8.25. The van der Waals surface area contributed by atoms with Crippen LogP contribution in [0.3, 0.4) is 0 Å². The summed E-state index contributed by atoms with van der Waals surface area (Å²) in [6.45, 7) is 0.516. The van der Waals surface area contributed by atoms with Crippen LogP contribution in [-0.2, 0) is 6.54 Å². The predicted octanol–water partition coefficient (Wildman–Crippen LogP) is 1.18. The fourth-order valence-corrected chi connectivity index (χ4v) is 1.22. The zero-order valence-corrected chi connectivity index (χ0v) is 8.87. The van der Waals surface area contributed by atoms with Crippen LogP contribution >= 0.6 is 0 Å². The van der Waals surface area contributed by atoms with E-state index >= 15 is 0 Å². The number of carboxylic acid groups (broad SMARTS) is 1. The number of anilines is 1. The maximum Gasteiger partial charge on any atom is 0.356 e. The Kier molecular flexibility index (Phi) is 3.25. The molecule has 86 valence electrons. The number of hydrogen-bond acceptors (Lipinski definition) is 5. The zero-order valence-electron chi connectivity index (χ0n) is 8.87. The molecule has 2 N–H and O–H groups in total. The summed E-state index contributed by atoms with van der Waals surface area (Å²) in [5.41, 5.74) is 0.796. The third kappa shape index (κ3) is 2.97. The number of carbonyl (C=O) groups is 1. The molecule has 0 unspecified atom stereocenters. The highest BCUT2D eigenvalue weighted by atomic mass is 16.4. The molecule has 17 heavy (non-hydrogen) atoms. The Morgan fingerprint density at radius 1 is 1.24 bits per heavy atom. The van der Waals surface area contributed by atoms with Crippen LogP contribution in [-0.4, -0.2) is 26.3 Å².